The van der Waals surface area contributed by atoms with Crippen molar-refractivity contribution in [3.8, 4) is 0 Å². The largest absolute Gasteiger partial charge is 0.367 e. The van der Waals surface area contributed by atoms with Crippen LogP contribution in [-0.2, 0) is 13.0 Å². The molecular formula is C18H21ClN2. The van der Waals surface area contributed by atoms with Gasteiger partial charge in [0.25, 0.3) is 0 Å². The van der Waals surface area contributed by atoms with Crippen molar-refractivity contribution in [3.05, 3.63) is 64.2 Å². The molecule has 0 saturated heterocycles. The van der Waals surface area contributed by atoms with Gasteiger partial charge in [0.2, 0.25) is 0 Å². The first-order chi connectivity index (χ1) is 10.2. The molecule has 0 spiro atoms. The van der Waals surface area contributed by atoms with Crippen LogP contribution in [0, 0.1) is 0 Å². The van der Waals surface area contributed by atoms with Crippen LogP contribution in [0.25, 0.3) is 0 Å². The number of nitrogens with one attached hydrogen (secondary N) is 1. The Labute approximate surface area is 131 Å². The summed E-state index contributed by atoms with van der Waals surface area (Å²) < 4.78 is 0. The van der Waals surface area contributed by atoms with Gasteiger partial charge in [0, 0.05) is 29.8 Å². The number of anilines is 1. The quantitative estimate of drug-likeness (QED) is 0.914. The van der Waals surface area contributed by atoms with Crippen molar-refractivity contribution in [2.75, 3.05) is 18.5 Å². The highest BCUT2D eigenvalue weighted by molar-refractivity contribution is 6.31. The molecule has 1 N–H and O–H groups in total. The molecule has 1 heterocycles. The van der Waals surface area contributed by atoms with Gasteiger partial charge in [-0.2, -0.15) is 0 Å². The second-order valence-electron chi connectivity index (χ2n) is 5.66. The summed E-state index contributed by atoms with van der Waals surface area (Å²) >= 11 is 6.46. The second-order valence-corrected chi connectivity index (χ2v) is 6.06. The maximum atomic E-state index is 6.46. The van der Waals surface area contributed by atoms with Crippen LogP contribution in [0.15, 0.2) is 42.5 Å². The van der Waals surface area contributed by atoms with E-state index in [2.05, 4.69) is 59.6 Å². The molecule has 0 bridgehead atoms. The fourth-order valence-electron chi connectivity index (χ4n) is 2.94. The van der Waals surface area contributed by atoms with Crippen LogP contribution in [0.2, 0.25) is 5.02 Å². The molecule has 2 nitrogen and oxygen atoms in total. The third-order valence-corrected chi connectivity index (χ3v) is 4.71. The molecular weight excluding hydrogens is 280 g/mol. The van der Waals surface area contributed by atoms with Gasteiger partial charge in [-0.05, 0) is 49.2 Å². The highest BCUT2D eigenvalue weighted by Gasteiger charge is 2.17. The van der Waals surface area contributed by atoms with Gasteiger partial charge >= 0.3 is 0 Å². The van der Waals surface area contributed by atoms with Gasteiger partial charge in [0.1, 0.15) is 0 Å². The Morgan fingerprint density at radius 2 is 1.90 bits per heavy atom. The van der Waals surface area contributed by atoms with Gasteiger partial charge in [0.05, 0.1) is 0 Å². The molecule has 21 heavy (non-hydrogen) atoms. The van der Waals surface area contributed by atoms with E-state index in [1.165, 1.54) is 16.8 Å². The van der Waals surface area contributed by atoms with E-state index in [1.54, 1.807) is 0 Å². The highest BCUT2D eigenvalue weighted by atomic mass is 35.5. The third kappa shape index (κ3) is 2.92. The average Bonchev–Trinajstić information content (AvgIpc) is 2.53. The maximum Gasteiger partial charge on any atom is 0.0474 e. The smallest absolute Gasteiger partial charge is 0.0474 e. The van der Waals surface area contributed by atoms with Gasteiger partial charge in [-0.1, -0.05) is 41.9 Å². The van der Waals surface area contributed by atoms with Crippen LogP contribution < -0.4 is 10.2 Å². The summed E-state index contributed by atoms with van der Waals surface area (Å²) in [5.41, 5.74) is 5.26. The summed E-state index contributed by atoms with van der Waals surface area (Å²) in [5.74, 6) is 0. The molecule has 0 radical (unpaired) electrons. The predicted octanol–water partition coefficient (Wildman–Crippen LogP) is 4.18. The molecule has 2 aromatic carbocycles. The summed E-state index contributed by atoms with van der Waals surface area (Å²) in [6, 6.07) is 15.4. The summed E-state index contributed by atoms with van der Waals surface area (Å²) in [7, 11) is 1.95. The maximum absolute atomic E-state index is 6.46. The first-order valence-electron chi connectivity index (χ1n) is 7.47. The average molecular weight is 301 g/mol. The molecule has 0 saturated carbocycles. The zero-order valence-electron chi connectivity index (χ0n) is 12.6. The van der Waals surface area contributed by atoms with Crippen LogP contribution in [0.3, 0.4) is 0 Å². The SMILES string of the molecule is CNC(C)c1ccc(N2CCc3ccccc3C2)cc1Cl. The van der Waals surface area contributed by atoms with E-state index in [9.17, 15) is 0 Å². The van der Waals surface area contributed by atoms with Crippen molar-refractivity contribution in [2.45, 2.75) is 25.9 Å². The Balaban J connectivity index is 1.84. The lowest BCUT2D eigenvalue weighted by molar-refractivity contribution is 0.652. The molecule has 1 aliphatic rings. The van der Waals surface area contributed by atoms with E-state index in [0.29, 0.717) is 0 Å². The minimum absolute atomic E-state index is 0.272. The monoisotopic (exact) mass is 300 g/mol. The molecule has 1 atom stereocenters. The zero-order valence-corrected chi connectivity index (χ0v) is 13.3. The van der Waals surface area contributed by atoms with Crippen molar-refractivity contribution < 1.29 is 0 Å². The van der Waals surface area contributed by atoms with Gasteiger partial charge < -0.3 is 10.2 Å². The lowest BCUT2D eigenvalue weighted by Crippen LogP contribution is -2.30. The molecule has 0 fully saturated rings. The van der Waals surface area contributed by atoms with E-state index in [0.717, 1.165) is 30.1 Å². The Hall–Kier alpha value is -1.51. The molecule has 3 rings (SSSR count). The molecule has 3 heteroatoms. The van der Waals surface area contributed by atoms with Crippen molar-refractivity contribution in [1.29, 1.82) is 0 Å². The van der Waals surface area contributed by atoms with E-state index in [1.807, 2.05) is 7.05 Å². The number of halogens is 1. The number of nitrogens with zero attached hydrogens (tertiary/aromatic N) is 1. The van der Waals surface area contributed by atoms with E-state index < -0.39 is 0 Å². The molecule has 0 aromatic heterocycles. The van der Waals surface area contributed by atoms with E-state index >= 15 is 0 Å². The lowest BCUT2D eigenvalue weighted by Gasteiger charge is -2.31. The van der Waals surface area contributed by atoms with Crippen LogP contribution >= 0.6 is 11.6 Å². The van der Waals surface area contributed by atoms with E-state index in [-0.39, 0.29) is 6.04 Å². The first-order valence-corrected chi connectivity index (χ1v) is 7.85. The molecule has 1 aliphatic heterocycles. The topological polar surface area (TPSA) is 15.3 Å². The lowest BCUT2D eigenvalue weighted by atomic mass is 9.99. The first kappa shape index (κ1) is 14.4. The van der Waals surface area contributed by atoms with Gasteiger partial charge in [0.15, 0.2) is 0 Å². The zero-order chi connectivity index (χ0) is 14.8. The summed E-state index contributed by atoms with van der Waals surface area (Å²) in [4.78, 5) is 2.40. The fourth-order valence-corrected chi connectivity index (χ4v) is 3.27. The fraction of sp³-hybridized carbons (Fsp3) is 0.333. The van der Waals surface area contributed by atoms with E-state index in [4.69, 9.17) is 11.6 Å². The van der Waals surface area contributed by atoms with Crippen LogP contribution in [0.5, 0.6) is 0 Å². The minimum atomic E-state index is 0.272. The molecule has 0 aliphatic carbocycles. The number of hydrogen-bond donors (Lipinski definition) is 1. The minimum Gasteiger partial charge on any atom is -0.367 e. The van der Waals surface area contributed by atoms with Gasteiger partial charge in [-0.3, -0.25) is 0 Å². The Morgan fingerprint density at radius 3 is 2.62 bits per heavy atom. The van der Waals surface area contributed by atoms with Gasteiger partial charge in [-0.25, -0.2) is 0 Å². The second kappa shape index (κ2) is 6.08. The molecule has 2 aromatic rings. The van der Waals surface area contributed by atoms with Crippen molar-refractivity contribution in [2.24, 2.45) is 0 Å². The van der Waals surface area contributed by atoms with Crippen LogP contribution in [-0.4, -0.2) is 13.6 Å². The molecule has 110 valence electrons. The standard InChI is InChI=1S/C18H21ClN2/c1-13(20-2)17-8-7-16(11-18(17)19)21-10-9-14-5-3-4-6-15(14)12-21/h3-8,11,13,20H,9-10,12H2,1-2H3. The normalized spacial score (nSPS) is 15.7. The predicted molar refractivity (Wildman–Crippen MR) is 90.1 cm³/mol. The Bertz CT molecular complexity index is 639. The molecule has 0 amide bonds. The number of rotatable bonds is 3. The summed E-state index contributed by atoms with van der Waals surface area (Å²) in [6.07, 6.45) is 1.10. The summed E-state index contributed by atoms with van der Waals surface area (Å²) in [6.45, 7) is 4.14. The number of fused-ring (bicyclic) bond motifs is 1. The third-order valence-electron chi connectivity index (χ3n) is 4.38. The molecule has 1 unspecified atom stereocenters. The Morgan fingerprint density at radius 1 is 1.14 bits per heavy atom. The van der Waals surface area contributed by atoms with Crippen LogP contribution in [0.1, 0.15) is 29.7 Å². The summed E-state index contributed by atoms with van der Waals surface area (Å²) in [5, 5.41) is 4.08. The Kier molecular flexibility index (Phi) is 4.18. The van der Waals surface area contributed by atoms with Crippen molar-refractivity contribution in [1.82, 2.24) is 5.32 Å². The highest BCUT2D eigenvalue weighted by Crippen LogP contribution is 2.30. The van der Waals surface area contributed by atoms with Crippen molar-refractivity contribution >= 4 is 17.3 Å². The number of benzene rings is 2. The van der Waals surface area contributed by atoms with Crippen molar-refractivity contribution in [3.63, 3.8) is 0 Å². The van der Waals surface area contributed by atoms with Gasteiger partial charge in [-0.15, -0.1) is 0 Å². The number of hydrogen-bond acceptors (Lipinski definition) is 2. The van der Waals surface area contributed by atoms with Crippen LogP contribution in [0.4, 0.5) is 5.69 Å².